The molecule has 2 N–H and O–H groups in total. The maximum Gasteiger partial charge on any atom is 0.432 e. The van der Waals surface area contributed by atoms with E-state index in [-0.39, 0.29) is 29.4 Å². The van der Waals surface area contributed by atoms with Crippen LogP contribution >= 0.6 is 0 Å². The van der Waals surface area contributed by atoms with Crippen LogP contribution in [0, 0.1) is 23.2 Å². The molecular formula is C24H17F5N4O3. The van der Waals surface area contributed by atoms with Crippen molar-refractivity contribution >= 4 is 11.6 Å². The summed E-state index contributed by atoms with van der Waals surface area (Å²) in [5.74, 6) is 4.03. The van der Waals surface area contributed by atoms with E-state index in [1.165, 1.54) is 24.3 Å². The fraction of sp³-hybridized carbons (Fsp3) is 0.208. The van der Waals surface area contributed by atoms with Gasteiger partial charge in [-0.25, -0.2) is 4.98 Å². The molecular weight excluding hydrogens is 487 g/mol. The lowest BCUT2D eigenvalue weighted by Crippen LogP contribution is -2.20. The Balaban J connectivity index is 1.84. The number of rotatable bonds is 7. The molecule has 36 heavy (non-hydrogen) atoms. The van der Waals surface area contributed by atoms with E-state index in [2.05, 4.69) is 31.9 Å². The largest absolute Gasteiger partial charge is 0.489 e. The number of aromatic amines is 1. The third kappa shape index (κ3) is 7.55. The third-order valence-corrected chi connectivity index (χ3v) is 4.39. The summed E-state index contributed by atoms with van der Waals surface area (Å²) in [7, 11) is 0. The average molecular weight is 504 g/mol. The average Bonchev–Trinajstić information content (AvgIpc) is 3.32. The van der Waals surface area contributed by atoms with Crippen LogP contribution in [-0.2, 0) is 15.7 Å². The van der Waals surface area contributed by atoms with Crippen molar-refractivity contribution in [3.8, 4) is 35.0 Å². The van der Waals surface area contributed by atoms with Gasteiger partial charge in [-0.2, -0.15) is 27.2 Å². The smallest absolute Gasteiger partial charge is 0.432 e. The van der Waals surface area contributed by atoms with Crippen molar-refractivity contribution in [3.05, 3.63) is 65.5 Å². The minimum Gasteiger partial charge on any atom is -0.489 e. The molecule has 12 heteroatoms. The van der Waals surface area contributed by atoms with E-state index in [9.17, 15) is 26.7 Å². The van der Waals surface area contributed by atoms with E-state index in [1.54, 1.807) is 18.2 Å². The van der Waals surface area contributed by atoms with Crippen LogP contribution in [0.15, 0.2) is 48.7 Å². The summed E-state index contributed by atoms with van der Waals surface area (Å²) in [6.45, 7) is -0.213. The van der Waals surface area contributed by atoms with Crippen molar-refractivity contribution in [2.45, 2.75) is 19.2 Å². The van der Waals surface area contributed by atoms with Gasteiger partial charge in [0, 0.05) is 24.0 Å². The van der Waals surface area contributed by atoms with Gasteiger partial charge in [0.25, 0.3) is 0 Å². The standard InChI is InChI=1S/C24H17F5N4O3/c1-23(25,26)36-10-9-35-19-7-6-17(22-31-14-20(33-22)24(27,28)29)12-18(19)32-21(34)8-5-15-3-2-4-16(11-15)13-30/h2-4,6-7,11-12,14H,9-10H2,1H3,(H,31,33)(H,32,34). The van der Waals surface area contributed by atoms with Crippen LogP contribution < -0.4 is 10.1 Å². The van der Waals surface area contributed by atoms with Crippen LogP contribution in [0.4, 0.5) is 27.6 Å². The van der Waals surface area contributed by atoms with Crippen molar-refractivity contribution in [1.82, 2.24) is 9.97 Å². The Kier molecular flexibility index (Phi) is 7.92. The van der Waals surface area contributed by atoms with E-state index < -0.39 is 30.5 Å². The molecule has 0 unspecified atom stereocenters. The van der Waals surface area contributed by atoms with Gasteiger partial charge in [0.05, 0.1) is 30.1 Å². The molecule has 1 aromatic heterocycles. The van der Waals surface area contributed by atoms with Crippen molar-refractivity contribution in [1.29, 1.82) is 5.26 Å². The van der Waals surface area contributed by atoms with Gasteiger partial charge >= 0.3 is 18.2 Å². The van der Waals surface area contributed by atoms with Gasteiger partial charge < -0.3 is 19.8 Å². The molecule has 0 saturated heterocycles. The number of imidazole rings is 1. The number of hydrogen-bond acceptors (Lipinski definition) is 5. The molecule has 2 aromatic carbocycles. The van der Waals surface area contributed by atoms with Crippen molar-refractivity contribution < 1.29 is 36.2 Å². The third-order valence-electron chi connectivity index (χ3n) is 4.39. The summed E-state index contributed by atoms with van der Waals surface area (Å²) in [5.41, 5.74) is -0.124. The summed E-state index contributed by atoms with van der Waals surface area (Å²) >= 11 is 0. The lowest BCUT2D eigenvalue weighted by atomic mass is 10.1. The topological polar surface area (TPSA) is 100 Å². The van der Waals surface area contributed by atoms with Gasteiger partial charge in [-0.15, -0.1) is 0 Å². The van der Waals surface area contributed by atoms with Crippen molar-refractivity contribution in [2.75, 3.05) is 18.5 Å². The zero-order valence-corrected chi connectivity index (χ0v) is 18.5. The van der Waals surface area contributed by atoms with Gasteiger partial charge in [0.15, 0.2) is 0 Å². The molecule has 186 valence electrons. The number of H-pyrrole nitrogens is 1. The SMILES string of the molecule is CC(F)(F)OCCOc1ccc(-c2ncc(C(F)(F)F)[nH]2)cc1NC(=O)C#Cc1cccc(C#N)c1. The summed E-state index contributed by atoms with van der Waals surface area (Å²) in [4.78, 5) is 18.3. The predicted octanol–water partition coefficient (Wildman–Crippen LogP) is 4.97. The number of carbonyl (C=O) groups excluding carboxylic acids is 1. The molecule has 0 aliphatic rings. The first-order valence-corrected chi connectivity index (χ1v) is 10.2. The first-order valence-electron chi connectivity index (χ1n) is 10.2. The summed E-state index contributed by atoms with van der Waals surface area (Å²) in [6, 6.07) is 12.2. The number of carbonyl (C=O) groups is 1. The zero-order valence-electron chi connectivity index (χ0n) is 18.5. The normalized spacial score (nSPS) is 11.2. The molecule has 0 spiro atoms. The molecule has 0 radical (unpaired) electrons. The molecule has 0 aliphatic heterocycles. The highest BCUT2D eigenvalue weighted by Gasteiger charge is 2.33. The number of nitrogens with one attached hydrogen (secondary N) is 2. The minimum atomic E-state index is -4.63. The lowest BCUT2D eigenvalue weighted by molar-refractivity contribution is -0.226. The maximum absolute atomic E-state index is 12.9. The summed E-state index contributed by atoms with van der Waals surface area (Å²) in [6.07, 6.45) is -7.37. The molecule has 0 fully saturated rings. The zero-order chi connectivity index (χ0) is 26.3. The van der Waals surface area contributed by atoms with Crippen LogP contribution in [0.1, 0.15) is 23.7 Å². The molecule has 0 saturated carbocycles. The molecule has 0 aliphatic carbocycles. The number of halogens is 5. The Morgan fingerprint density at radius 2 is 1.86 bits per heavy atom. The fourth-order valence-electron chi connectivity index (χ4n) is 2.83. The lowest BCUT2D eigenvalue weighted by Gasteiger charge is -2.15. The highest BCUT2D eigenvalue weighted by atomic mass is 19.4. The van der Waals surface area contributed by atoms with Gasteiger partial charge in [-0.1, -0.05) is 12.0 Å². The molecule has 1 amide bonds. The van der Waals surface area contributed by atoms with Gasteiger partial charge in [-0.05, 0) is 36.4 Å². The number of nitriles is 1. The molecule has 7 nitrogen and oxygen atoms in total. The van der Waals surface area contributed by atoms with Gasteiger partial charge in [0.2, 0.25) is 0 Å². The van der Waals surface area contributed by atoms with E-state index in [0.717, 1.165) is 0 Å². The molecule has 0 atom stereocenters. The minimum absolute atomic E-state index is 0.00536. The number of alkyl halides is 5. The number of amides is 1. The van der Waals surface area contributed by atoms with Crippen molar-refractivity contribution in [2.24, 2.45) is 0 Å². The van der Waals surface area contributed by atoms with Gasteiger partial charge in [-0.3, -0.25) is 4.79 Å². The molecule has 1 heterocycles. The van der Waals surface area contributed by atoms with Crippen LogP contribution in [-0.4, -0.2) is 35.2 Å². The number of benzene rings is 2. The quantitative estimate of drug-likeness (QED) is 0.269. The Bertz CT molecular complexity index is 1340. The van der Waals surface area contributed by atoms with Crippen LogP contribution in [0.3, 0.4) is 0 Å². The van der Waals surface area contributed by atoms with Crippen LogP contribution in [0.5, 0.6) is 5.75 Å². The Morgan fingerprint density at radius 3 is 2.53 bits per heavy atom. The van der Waals surface area contributed by atoms with Crippen LogP contribution in [0.25, 0.3) is 11.4 Å². The van der Waals surface area contributed by atoms with Gasteiger partial charge in [0.1, 0.15) is 23.9 Å². The van der Waals surface area contributed by atoms with E-state index in [0.29, 0.717) is 24.2 Å². The molecule has 0 bridgehead atoms. The van der Waals surface area contributed by atoms with Crippen molar-refractivity contribution in [3.63, 3.8) is 0 Å². The maximum atomic E-state index is 12.9. The Hall–Kier alpha value is -4.42. The number of nitrogens with zero attached hydrogens (tertiary/aromatic N) is 2. The second-order valence-electron chi connectivity index (χ2n) is 7.26. The summed E-state index contributed by atoms with van der Waals surface area (Å²) in [5, 5.41) is 11.4. The van der Waals surface area contributed by atoms with E-state index >= 15 is 0 Å². The molecule has 3 rings (SSSR count). The second-order valence-corrected chi connectivity index (χ2v) is 7.26. The Morgan fingerprint density at radius 1 is 1.11 bits per heavy atom. The first-order chi connectivity index (χ1) is 16.9. The number of ether oxygens (including phenoxy) is 2. The fourth-order valence-corrected chi connectivity index (χ4v) is 2.83. The van der Waals surface area contributed by atoms with E-state index in [1.807, 2.05) is 6.07 Å². The highest BCUT2D eigenvalue weighted by molar-refractivity contribution is 6.05. The monoisotopic (exact) mass is 504 g/mol. The number of hydrogen-bond donors (Lipinski definition) is 2. The molecule has 3 aromatic rings. The first kappa shape index (κ1) is 26.2. The van der Waals surface area contributed by atoms with Crippen LogP contribution in [0.2, 0.25) is 0 Å². The summed E-state index contributed by atoms with van der Waals surface area (Å²) < 4.78 is 74.1. The van der Waals surface area contributed by atoms with E-state index in [4.69, 9.17) is 10.00 Å². The highest BCUT2D eigenvalue weighted by Crippen LogP contribution is 2.33. The predicted molar refractivity (Wildman–Crippen MR) is 118 cm³/mol. The number of anilines is 1. The number of aromatic nitrogens is 2. The second kappa shape index (κ2) is 10.9. The Labute approximate surface area is 201 Å².